The van der Waals surface area contributed by atoms with Gasteiger partial charge in [-0.15, -0.1) is 0 Å². The lowest BCUT2D eigenvalue weighted by atomic mass is 10.1. The van der Waals surface area contributed by atoms with Crippen LogP contribution in [-0.2, 0) is 11.3 Å². The van der Waals surface area contributed by atoms with Gasteiger partial charge in [0.05, 0.1) is 32.1 Å². The highest BCUT2D eigenvalue weighted by Gasteiger charge is 2.24. The Balaban J connectivity index is 1.71. The van der Waals surface area contributed by atoms with Crippen LogP contribution in [0.4, 0.5) is 0 Å². The van der Waals surface area contributed by atoms with Crippen molar-refractivity contribution in [2.75, 3.05) is 13.7 Å². The lowest BCUT2D eigenvalue weighted by Gasteiger charge is -2.13. The van der Waals surface area contributed by atoms with E-state index >= 15 is 0 Å². The Labute approximate surface area is 170 Å². The van der Waals surface area contributed by atoms with Crippen LogP contribution in [0.3, 0.4) is 0 Å². The Hall–Kier alpha value is -3.28. The van der Waals surface area contributed by atoms with E-state index in [9.17, 15) is 4.79 Å². The first-order valence-electron chi connectivity index (χ1n) is 9.82. The summed E-state index contributed by atoms with van der Waals surface area (Å²) in [6.07, 6.45) is 2.52. The minimum Gasteiger partial charge on any atom is -0.494 e. The number of carbonyl (C=O) groups is 1. The molecule has 4 rings (SSSR count). The minimum atomic E-state index is -0.464. The van der Waals surface area contributed by atoms with Crippen molar-refractivity contribution in [1.82, 2.24) is 9.78 Å². The summed E-state index contributed by atoms with van der Waals surface area (Å²) in [6.45, 7) is 3.00. The Morgan fingerprint density at radius 1 is 1.14 bits per heavy atom. The average molecular weight is 392 g/mol. The molecular formula is C23H24N2O4. The fraction of sp³-hybridized carbons (Fsp3) is 0.304. The molecule has 1 aliphatic carbocycles. The molecular weight excluding hydrogens is 368 g/mol. The number of ether oxygens (including phenoxy) is 3. The van der Waals surface area contributed by atoms with Gasteiger partial charge >= 0.3 is 5.97 Å². The van der Waals surface area contributed by atoms with Crippen molar-refractivity contribution in [2.45, 2.75) is 32.4 Å². The van der Waals surface area contributed by atoms with E-state index in [-0.39, 0.29) is 5.69 Å². The third kappa shape index (κ3) is 4.42. The molecule has 0 radical (unpaired) electrons. The number of carbonyl (C=O) groups excluding carboxylic acids is 1. The van der Waals surface area contributed by atoms with Gasteiger partial charge in [-0.2, -0.15) is 5.10 Å². The first-order valence-corrected chi connectivity index (χ1v) is 9.82. The second-order valence-electron chi connectivity index (χ2n) is 6.95. The van der Waals surface area contributed by atoms with Crippen LogP contribution in [0.25, 0.3) is 11.3 Å². The predicted molar refractivity (Wildman–Crippen MR) is 109 cm³/mol. The molecule has 0 aliphatic heterocycles. The van der Waals surface area contributed by atoms with Crippen molar-refractivity contribution < 1.29 is 19.0 Å². The maximum atomic E-state index is 12.1. The molecule has 0 bridgehead atoms. The van der Waals surface area contributed by atoms with E-state index in [0.717, 1.165) is 41.2 Å². The summed E-state index contributed by atoms with van der Waals surface area (Å²) in [5, 5.41) is 4.50. The summed E-state index contributed by atoms with van der Waals surface area (Å²) < 4.78 is 18.4. The van der Waals surface area contributed by atoms with Crippen molar-refractivity contribution in [3.63, 3.8) is 0 Å². The van der Waals surface area contributed by atoms with E-state index < -0.39 is 5.97 Å². The maximum absolute atomic E-state index is 12.1. The van der Waals surface area contributed by atoms with Gasteiger partial charge in [-0.25, -0.2) is 4.79 Å². The molecule has 0 unspecified atom stereocenters. The number of nitrogens with zero attached hydrogens (tertiary/aromatic N) is 2. The summed E-state index contributed by atoms with van der Waals surface area (Å²) >= 11 is 0. The lowest BCUT2D eigenvalue weighted by Crippen LogP contribution is -2.08. The quantitative estimate of drug-likeness (QED) is 0.534. The number of aromatic nitrogens is 2. The molecule has 6 heteroatoms. The lowest BCUT2D eigenvalue weighted by molar-refractivity contribution is 0.0593. The molecule has 6 nitrogen and oxygen atoms in total. The van der Waals surface area contributed by atoms with E-state index in [2.05, 4.69) is 5.10 Å². The fourth-order valence-electron chi connectivity index (χ4n) is 3.17. The van der Waals surface area contributed by atoms with E-state index in [1.807, 2.05) is 55.5 Å². The SMILES string of the molecule is CCOc1ccccc1Cn1nc(C(=O)OC)cc1-c1cccc(OC2CC2)c1. The molecule has 1 heterocycles. The summed E-state index contributed by atoms with van der Waals surface area (Å²) in [5.74, 6) is 1.17. The number of methoxy groups -OCH3 is 1. The monoisotopic (exact) mass is 392 g/mol. The molecule has 29 heavy (non-hydrogen) atoms. The number of benzene rings is 2. The summed E-state index contributed by atoms with van der Waals surface area (Å²) in [4.78, 5) is 12.1. The van der Waals surface area contributed by atoms with Crippen LogP contribution in [0.2, 0.25) is 0 Å². The molecule has 0 saturated heterocycles. The van der Waals surface area contributed by atoms with Gasteiger partial charge in [0.1, 0.15) is 11.5 Å². The Morgan fingerprint density at radius 2 is 1.97 bits per heavy atom. The number of para-hydroxylation sites is 1. The van der Waals surface area contributed by atoms with E-state index in [1.54, 1.807) is 10.7 Å². The van der Waals surface area contributed by atoms with Gasteiger partial charge in [0.2, 0.25) is 0 Å². The predicted octanol–water partition coefficient (Wildman–Crippen LogP) is 4.32. The van der Waals surface area contributed by atoms with Gasteiger partial charge in [0, 0.05) is 11.1 Å². The largest absolute Gasteiger partial charge is 0.494 e. The number of rotatable bonds is 8. The Kier molecular flexibility index (Phi) is 5.51. The van der Waals surface area contributed by atoms with Crippen LogP contribution in [0.1, 0.15) is 35.8 Å². The second kappa shape index (κ2) is 8.39. The molecule has 1 fully saturated rings. The highest BCUT2D eigenvalue weighted by molar-refractivity contribution is 5.88. The van der Waals surface area contributed by atoms with Crippen LogP contribution in [0.15, 0.2) is 54.6 Å². The number of hydrogen-bond donors (Lipinski definition) is 0. The fourth-order valence-corrected chi connectivity index (χ4v) is 3.17. The normalized spacial score (nSPS) is 13.2. The van der Waals surface area contributed by atoms with Gasteiger partial charge < -0.3 is 14.2 Å². The number of hydrogen-bond acceptors (Lipinski definition) is 5. The summed E-state index contributed by atoms with van der Waals surface area (Å²) in [5.41, 5.74) is 3.00. The summed E-state index contributed by atoms with van der Waals surface area (Å²) in [6, 6.07) is 17.5. The molecule has 0 spiro atoms. The molecule has 0 amide bonds. The van der Waals surface area contributed by atoms with Crippen molar-refractivity contribution in [3.8, 4) is 22.8 Å². The first kappa shape index (κ1) is 19.1. The molecule has 1 saturated carbocycles. The van der Waals surface area contributed by atoms with Crippen LogP contribution in [0, 0.1) is 0 Å². The van der Waals surface area contributed by atoms with Crippen LogP contribution >= 0.6 is 0 Å². The Morgan fingerprint density at radius 3 is 2.72 bits per heavy atom. The molecule has 0 atom stereocenters. The molecule has 3 aromatic rings. The standard InChI is InChI=1S/C23H24N2O4/c1-3-28-22-10-5-4-7-17(22)15-25-21(14-20(24-25)23(26)27-2)16-8-6-9-19(13-16)29-18-11-12-18/h4-10,13-14,18H,3,11-12,15H2,1-2H3. The van der Waals surface area contributed by atoms with Gasteiger partial charge in [-0.05, 0) is 44.0 Å². The minimum absolute atomic E-state index is 0.268. The second-order valence-corrected chi connectivity index (χ2v) is 6.95. The van der Waals surface area contributed by atoms with Crippen LogP contribution < -0.4 is 9.47 Å². The van der Waals surface area contributed by atoms with E-state index in [0.29, 0.717) is 19.3 Å². The zero-order valence-corrected chi connectivity index (χ0v) is 16.6. The van der Waals surface area contributed by atoms with Gasteiger partial charge in [-0.3, -0.25) is 4.68 Å². The van der Waals surface area contributed by atoms with Crippen LogP contribution in [-0.4, -0.2) is 35.6 Å². The van der Waals surface area contributed by atoms with Gasteiger partial charge in [0.15, 0.2) is 5.69 Å². The topological polar surface area (TPSA) is 62.6 Å². The molecule has 1 aliphatic rings. The van der Waals surface area contributed by atoms with Gasteiger partial charge in [-0.1, -0.05) is 30.3 Å². The molecule has 1 aromatic heterocycles. The molecule has 150 valence electrons. The zero-order chi connectivity index (χ0) is 20.2. The molecule has 2 aromatic carbocycles. The average Bonchev–Trinajstić information content (AvgIpc) is 3.45. The van der Waals surface area contributed by atoms with Crippen molar-refractivity contribution in [2.24, 2.45) is 0 Å². The van der Waals surface area contributed by atoms with Crippen LogP contribution in [0.5, 0.6) is 11.5 Å². The number of esters is 1. The Bertz CT molecular complexity index is 1010. The molecule has 0 N–H and O–H groups in total. The van der Waals surface area contributed by atoms with E-state index in [1.165, 1.54) is 7.11 Å². The first-order chi connectivity index (χ1) is 14.2. The zero-order valence-electron chi connectivity index (χ0n) is 16.6. The van der Waals surface area contributed by atoms with Crippen molar-refractivity contribution in [1.29, 1.82) is 0 Å². The highest BCUT2D eigenvalue weighted by atomic mass is 16.5. The maximum Gasteiger partial charge on any atom is 0.358 e. The third-order valence-electron chi connectivity index (χ3n) is 4.72. The third-order valence-corrected chi connectivity index (χ3v) is 4.72. The van der Waals surface area contributed by atoms with Crippen molar-refractivity contribution in [3.05, 3.63) is 65.9 Å². The highest BCUT2D eigenvalue weighted by Crippen LogP contribution is 2.31. The summed E-state index contributed by atoms with van der Waals surface area (Å²) in [7, 11) is 1.36. The van der Waals surface area contributed by atoms with Crippen molar-refractivity contribution >= 4 is 5.97 Å². The smallest absolute Gasteiger partial charge is 0.358 e. The van der Waals surface area contributed by atoms with E-state index in [4.69, 9.17) is 14.2 Å². The van der Waals surface area contributed by atoms with Gasteiger partial charge in [0.25, 0.3) is 0 Å².